The predicted octanol–water partition coefficient (Wildman–Crippen LogP) is 2.46. The zero-order valence-corrected chi connectivity index (χ0v) is 13.9. The number of fused-ring (bicyclic) bond motifs is 2. The first-order chi connectivity index (χ1) is 11.7. The molecule has 0 aromatic heterocycles. The van der Waals surface area contributed by atoms with Crippen LogP contribution in [-0.4, -0.2) is 30.4 Å². The molecule has 5 nitrogen and oxygen atoms in total. The van der Waals surface area contributed by atoms with E-state index in [1.54, 1.807) is 24.3 Å². The number of carbonyl (C=O) groups is 2. The molecule has 0 spiro atoms. The summed E-state index contributed by atoms with van der Waals surface area (Å²) in [6.45, 7) is 3.99. The zero-order chi connectivity index (χ0) is 16.9. The van der Waals surface area contributed by atoms with Crippen LogP contribution in [0.25, 0.3) is 0 Å². The molecule has 0 aliphatic carbocycles. The van der Waals surface area contributed by atoms with Gasteiger partial charge in [0.05, 0.1) is 11.3 Å². The fourth-order valence-electron chi connectivity index (χ4n) is 3.86. The SMILES string of the molecule is C=CCNC(=O)c1ccccc1NC(=O)CC1CC2CCC(C1)N2. The quantitative estimate of drug-likeness (QED) is 0.703. The lowest BCUT2D eigenvalue weighted by Crippen LogP contribution is -2.39. The summed E-state index contributed by atoms with van der Waals surface area (Å²) in [5, 5.41) is 9.26. The van der Waals surface area contributed by atoms with Crippen LogP contribution in [-0.2, 0) is 4.79 Å². The van der Waals surface area contributed by atoms with E-state index in [1.807, 2.05) is 6.07 Å². The van der Waals surface area contributed by atoms with Gasteiger partial charge in [-0.3, -0.25) is 9.59 Å². The fraction of sp³-hybridized carbons (Fsp3) is 0.474. The Kier molecular flexibility index (Phi) is 5.30. The maximum atomic E-state index is 12.4. The Bertz CT molecular complexity index is 617. The van der Waals surface area contributed by atoms with Gasteiger partial charge in [0.2, 0.25) is 5.91 Å². The van der Waals surface area contributed by atoms with Gasteiger partial charge in [-0.1, -0.05) is 18.2 Å². The maximum Gasteiger partial charge on any atom is 0.253 e. The molecule has 2 amide bonds. The van der Waals surface area contributed by atoms with Crippen LogP contribution in [0.2, 0.25) is 0 Å². The van der Waals surface area contributed by atoms with Crippen LogP contribution in [0.1, 0.15) is 42.5 Å². The highest BCUT2D eigenvalue weighted by Gasteiger charge is 2.34. The zero-order valence-electron chi connectivity index (χ0n) is 13.9. The van der Waals surface area contributed by atoms with E-state index in [0.29, 0.717) is 42.2 Å². The molecule has 24 heavy (non-hydrogen) atoms. The first-order valence-electron chi connectivity index (χ1n) is 8.69. The molecule has 5 heteroatoms. The van der Waals surface area contributed by atoms with Crippen LogP contribution < -0.4 is 16.0 Å². The van der Waals surface area contributed by atoms with E-state index < -0.39 is 0 Å². The Balaban J connectivity index is 1.60. The number of anilines is 1. The summed E-state index contributed by atoms with van der Waals surface area (Å²) in [7, 11) is 0. The smallest absolute Gasteiger partial charge is 0.253 e. The van der Waals surface area contributed by atoms with Crippen LogP contribution in [0.15, 0.2) is 36.9 Å². The maximum absolute atomic E-state index is 12.4. The summed E-state index contributed by atoms with van der Waals surface area (Å²) in [6.07, 6.45) is 6.77. The Labute approximate surface area is 142 Å². The third-order valence-corrected chi connectivity index (χ3v) is 4.90. The number of benzene rings is 1. The van der Waals surface area contributed by atoms with Crippen LogP contribution in [0.3, 0.4) is 0 Å². The molecule has 3 rings (SSSR count). The number of rotatable bonds is 6. The average Bonchev–Trinajstić information content (AvgIpc) is 2.91. The van der Waals surface area contributed by atoms with Gasteiger partial charge in [0.25, 0.3) is 5.91 Å². The van der Waals surface area contributed by atoms with Crippen molar-refractivity contribution < 1.29 is 9.59 Å². The van der Waals surface area contributed by atoms with Gasteiger partial charge in [-0.2, -0.15) is 0 Å². The molecule has 2 atom stereocenters. The highest BCUT2D eigenvalue weighted by Crippen LogP contribution is 2.32. The second kappa shape index (κ2) is 7.62. The summed E-state index contributed by atoms with van der Waals surface area (Å²) in [5.74, 6) is 0.224. The second-order valence-electron chi connectivity index (χ2n) is 6.77. The largest absolute Gasteiger partial charge is 0.349 e. The molecule has 0 radical (unpaired) electrons. The number of nitrogens with one attached hydrogen (secondary N) is 3. The van der Waals surface area contributed by atoms with Gasteiger partial charge < -0.3 is 16.0 Å². The lowest BCUT2D eigenvalue weighted by Gasteiger charge is -2.28. The summed E-state index contributed by atoms with van der Waals surface area (Å²) in [6, 6.07) is 8.27. The molecule has 128 valence electrons. The van der Waals surface area contributed by atoms with Crippen molar-refractivity contribution in [3.63, 3.8) is 0 Å². The summed E-state index contributed by atoms with van der Waals surface area (Å²) < 4.78 is 0. The third-order valence-electron chi connectivity index (χ3n) is 4.90. The van der Waals surface area contributed by atoms with Crippen molar-refractivity contribution in [2.24, 2.45) is 5.92 Å². The number of hydrogen-bond acceptors (Lipinski definition) is 3. The van der Waals surface area contributed by atoms with E-state index in [2.05, 4.69) is 22.5 Å². The molecule has 2 fully saturated rings. The summed E-state index contributed by atoms with van der Waals surface area (Å²) in [5.41, 5.74) is 1.05. The Morgan fingerprint density at radius 2 is 1.92 bits per heavy atom. The molecule has 2 heterocycles. The Morgan fingerprint density at radius 3 is 2.62 bits per heavy atom. The van der Waals surface area contributed by atoms with E-state index in [1.165, 1.54) is 12.8 Å². The van der Waals surface area contributed by atoms with Crippen molar-refractivity contribution in [3.05, 3.63) is 42.5 Å². The summed E-state index contributed by atoms with van der Waals surface area (Å²) in [4.78, 5) is 24.6. The number of para-hydroxylation sites is 1. The first kappa shape index (κ1) is 16.7. The highest BCUT2D eigenvalue weighted by atomic mass is 16.2. The predicted molar refractivity (Wildman–Crippen MR) is 94.9 cm³/mol. The minimum absolute atomic E-state index is 0.00901. The molecular formula is C19H25N3O2. The van der Waals surface area contributed by atoms with Crippen molar-refractivity contribution in [2.45, 2.75) is 44.2 Å². The second-order valence-corrected chi connectivity index (χ2v) is 6.77. The van der Waals surface area contributed by atoms with Gasteiger partial charge in [0.1, 0.15) is 0 Å². The molecule has 3 N–H and O–H groups in total. The third kappa shape index (κ3) is 4.03. The molecule has 2 aliphatic heterocycles. The van der Waals surface area contributed by atoms with Gasteiger partial charge in [-0.25, -0.2) is 0 Å². The molecule has 2 unspecified atom stereocenters. The monoisotopic (exact) mass is 327 g/mol. The van der Waals surface area contributed by atoms with Crippen LogP contribution in [0, 0.1) is 5.92 Å². The molecule has 0 saturated carbocycles. The Morgan fingerprint density at radius 1 is 1.21 bits per heavy atom. The standard InChI is InChI=1S/C19H25N3O2/c1-2-9-20-19(24)16-5-3-4-6-17(16)22-18(23)12-13-10-14-7-8-15(11-13)21-14/h2-6,13-15,21H,1,7-12H2,(H,20,24)(H,22,23). The average molecular weight is 327 g/mol. The molecule has 1 aromatic carbocycles. The number of carbonyl (C=O) groups excluding carboxylic acids is 2. The van der Waals surface area contributed by atoms with Crippen LogP contribution in [0.5, 0.6) is 0 Å². The van der Waals surface area contributed by atoms with Gasteiger partial charge in [-0.05, 0) is 43.7 Å². The van der Waals surface area contributed by atoms with Crippen molar-refractivity contribution in [2.75, 3.05) is 11.9 Å². The van der Waals surface area contributed by atoms with Crippen LogP contribution in [0.4, 0.5) is 5.69 Å². The number of amides is 2. The van der Waals surface area contributed by atoms with E-state index >= 15 is 0 Å². The lowest BCUT2D eigenvalue weighted by atomic mass is 9.89. The van der Waals surface area contributed by atoms with Gasteiger partial charge in [0.15, 0.2) is 0 Å². The van der Waals surface area contributed by atoms with Crippen molar-refractivity contribution in [1.29, 1.82) is 0 Å². The fourth-order valence-corrected chi connectivity index (χ4v) is 3.86. The van der Waals surface area contributed by atoms with Crippen molar-refractivity contribution >= 4 is 17.5 Å². The Hall–Kier alpha value is -2.14. The van der Waals surface area contributed by atoms with Gasteiger partial charge >= 0.3 is 0 Å². The molecular weight excluding hydrogens is 302 g/mol. The topological polar surface area (TPSA) is 70.2 Å². The summed E-state index contributed by atoms with van der Waals surface area (Å²) >= 11 is 0. The minimum Gasteiger partial charge on any atom is -0.349 e. The van der Waals surface area contributed by atoms with Crippen molar-refractivity contribution in [1.82, 2.24) is 10.6 Å². The first-order valence-corrected chi connectivity index (χ1v) is 8.69. The lowest BCUT2D eigenvalue weighted by molar-refractivity contribution is -0.117. The highest BCUT2D eigenvalue weighted by molar-refractivity contribution is 6.03. The number of hydrogen-bond donors (Lipinski definition) is 3. The molecule has 2 saturated heterocycles. The molecule has 1 aromatic rings. The molecule has 2 bridgehead atoms. The van der Waals surface area contributed by atoms with Crippen molar-refractivity contribution in [3.8, 4) is 0 Å². The van der Waals surface area contributed by atoms with Crippen LogP contribution >= 0.6 is 0 Å². The minimum atomic E-state index is -0.203. The van der Waals surface area contributed by atoms with E-state index in [4.69, 9.17) is 0 Å². The van der Waals surface area contributed by atoms with Gasteiger partial charge in [0, 0.05) is 25.0 Å². The van der Waals surface area contributed by atoms with E-state index in [0.717, 1.165) is 12.8 Å². The van der Waals surface area contributed by atoms with E-state index in [9.17, 15) is 9.59 Å². The normalized spacial score (nSPS) is 25.1. The van der Waals surface area contributed by atoms with Gasteiger partial charge in [-0.15, -0.1) is 6.58 Å². The molecule has 2 aliphatic rings. The number of piperidine rings is 1. The van der Waals surface area contributed by atoms with E-state index in [-0.39, 0.29) is 11.8 Å².